The quantitative estimate of drug-likeness (QED) is 0.547. The molecular weight excluding hydrogens is 435 g/mol. The maximum atomic E-state index is 14.4. The Morgan fingerprint density at radius 1 is 0.839 bits per heavy atom. The van der Waals surface area contributed by atoms with Crippen molar-refractivity contribution in [1.82, 2.24) is 9.21 Å². The molecular formula is C24H24ClFN2O2S. The lowest BCUT2D eigenvalue weighted by Crippen LogP contribution is -2.49. The van der Waals surface area contributed by atoms with Gasteiger partial charge in [0.05, 0.1) is 11.1 Å². The maximum Gasteiger partial charge on any atom is 0.246 e. The molecule has 0 aliphatic carbocycles. The fraction of sp³-hybridized carbons (Fsp3) is 0.250. The molecule has 3 aromatic carbocycles. The number of benzene rings is 3. The summed E-state index contributed by atoms with van der Waals surface area (Å²) in [6.45, 7) is 3.69. The van der Waals surface area contributed by atoms with E-state index in [2.05, 4.69) is 48.2 Å². The largest absolute Gasteiger partial charge is 0.290 e. The monoisotopic (exact) mass is 458 g/mol. The maximum absolute atomic E-state index is 14.4. The standard InChI is InChI=1S/C24H24ClFN2O2S/c1-18-10-12-20(13-11-18)24(19-6-3-2-4-7-19)27-14-16-28(17-15-27)31(29,30)22-9-5-8-21(25)23(22)26/h2-13,24H,14-17H2,1H3/t24-/m0/s1. The first kappa shape index (κ1) is 22.0. The number of hydrogen-bond donors (Lipinski definition) is 0. The fourth-order valence-electron chi connectivity index (χ4n) is 4.02. The summed E-state index contributed by atoms with van der Waals surface area (Å²) in [6, 6.07) is 22.7. The third-order valence-electron chi connectivity index (χ3n) is 5.68. The van der Waals surface area contributed by atoms with E-state index in [9.17, 15) is 12.8 Å². The molecule has 0 saturated carbocycles. The van der Waals surface area contributed by atoms with Gasteiger partial charge < -0.3 is 0 Å². The molecule has 1 heterocycles. The van der Waals surface area contributed by atoms with Crippen molar-refractivity contribution in [3.05, 3.63) is 100 Å². The zero-order valence-electron chi connectivity index (χ0n) is 17.2. The molecule has 4 nitrogen and oxygen atoms in total. The molecule has 3 aromatic rings. The Bertz CT molecular complexity index is 1150. The van der Waals surface area contributed by atoms with E-state index in [1.807, 2.05) is 18.2 Å². The molecule has 4 rings (SSSR count). The Hall–Kier alpha value is -2.25. The summed E-state index contributed by atoms with van der Waals surface area (Å²) >= 11 is 5.80. The third-order valence-corrected chi connectivity index (χ3v) is 7.89. The highest BCUT2D eigenvalue weighted by Gasteiger charge is 2.34. The molecule has 1 fully saturated rings. The summed E-state index contributed by atoms with van der Waals surface area (Å²) in [5, 5.41) is -0.191. The number of sulfonamides is 1. The Morgan fingerprint density at radius 2 is 1.45 bits per heavy atom. The topological polar surface area (TPSA) is 40.6 Å². The van der Waals surface area contributed by atoms with E-state index in [4.69, 9.17) is 11.6 Å². The van der Waals surface area contributed by atoms with Gasteiger partial charge >= 0.3 is 0 Å². The molecule has 0 spiro atoms. The van der Waals surface area contributed by atoms with E-state index in [0.29, 0.717) is 13.1 Å². The molecule has 31 heavy (non-hydrogen) atoms. The number of hydrogen-bond acceptors (Lipinski definition) is 3. The van der Waals surface area contributed by atoms with Crippen LogP contribution in [0, 0.1) is 12.7 Å². The second-order valence-corrected chi connectivity index (χ2v) is 10.0. The molecule has 1 saturated heterocycles. The van der Waals surface area contributed by atoms with Gasteiger partial charge in [-0.05, 0) is 30.2 Å². The molecule has 7 heteroatoms. The number of halogens is 2. The molecule has 1 atom stereocenters. The Balaban J connectivity index is 1.58. The first-order chi connectivity index (χ1) is 14.9. The van der Waals surface area contributed by atoms with Crippen molar-refractivity contribution in [3.8, 4) is 0 Å². The van der Waals surface area contributed by atoms with Gasteiger partial charge in [0.25, 0.3) is 0 Å². The average Bonchev–Trinajstić information content (AvgIpc) is 2.78. The van der Waals surface area contributed by atoms with Crippen LogP contribution in [0.15, 0.2) is 77.7 Å². The predicted octanol–water partition coefficient (Wildman–Crippen LogP) is 4.88. The van der Waals surface area contributed by atoms with Gasteiger partial charge in [0, 0.05) is 26.2 Å². The van der Waals surface area contributed by atoms with Crippen molar-refractivity contribution in [2.75, 3.05) is 26.2 Å². The summed E-state index contributed by atoms with van der Waals surface area (Å²) in [7, 11) is -3.95. The highest BCUT2D eigenvalue weighted by molar-refractivity contribution is 7.89. The van der Waals surface area contributed by atoms with Crippen LogP contribution in [0.2, 0.25) is 5.02 Å². The number of aryl methyl sites for hydroxylation is 1. The first-order valence-corrected chi connectivity index (χ1v) is 12.0. The van der Waals surface area contributed by atoms with Crippen molar-refractivity contribution in [1.29, 1.82) is 0 Å². The van der Waals surface area contributed by atoms with Crippen LogP contribution in [0.1, 0.15) is 22.7 Å². The minimum atomic E-state index is -3.95. The molecule has 0 unspecified atom stereocenters. The van der Waals surface area contributed by atoms with E-state index >= 15 is 0 Å². The molecule has 162 valence electrons. The van der Waals surface area contributed by atoms with E-state index in [0.717, 1.165) is 11.1 Å². The summed E-state index contributed by atoms with van der Waals surface area (Å²) in [4.78, 5) is 1.91. The van der Waals surface area contributed by atoms with E-state index in [1.165, 1.54) is 28.1 Å². The minimum Gasteiger partial charge on any atom is -0.290 e. The van der Waals surface area contributed by atoms with Crippen molar-refractivity contribution >= 4 is 21.6 Å². The average molecular weight is 459 g/mol. The van der Waals surface area contributed by atoms with Gasteiger partial charge in [0.1, 0.15) is 4.90 Å². The second kappa shape index (κ2) is 9.09. The van der Waals surface area contributed by atoms with Gasteiger partial charge in [-0.3, -0.25) is 4.90 Å². The van der Waals surface area contributed by atoms with Crippen molar-refractivity contribution in [2.24, 2.45) is 0 Å². The SMILES string of the molecule is Cc1ccc([C@H](c2ccccc2)N2CCN(S(=O)(=O)c3cccc(Cl)c3F)CC2)cc1. The van der Waals surface area contributed by atoms with Crippen LogP contribution < -0.4 is 0 Å². The van der Waals surface area contributed by atoms with E-state index < -0.39 is 15.8 Å². The van der Waals surface area contributed by atoms with Gasteiger partial charge in [0.15, 0.2) is 5.82 Å². The third kappa shape index (κ3) is 4.53. The van der Waals surface area contributed by atoms with Gasteiger partial charge in [0.2, 0.25) is 10.0 Å². The zero-order chi connectivity index (χ0) is 22.0. The first-order valence-electron chi connectivity index (χ1n) is 10.2. The normalized spacial score (nSPS) is 16.9. The van der Waals surface area contributed by atoms with E-state index in [1.54, 1.807) is 0 Å². The summed E-state index contributed by atoms with van der Waals surface area (Å²) in [6.07, 6.45) is 0. The van der Waals surface area contributed by atoms with Gasteiger partial charge in [-0.1, -0.05) is 77.8 Å². The molecule has 1 aliphatic rings. The van der Waals surface area contributed by atoms with Crippen LogP contribution >= 0.6 is 11.6 Å². The predicted molar refractivity (Wildman–Crippen MR) is 121 cm³/mol. The minimum absolute atomic E-state index is 0.0227. The van der Waals surface area contributed by atoms with Crippen LogP contribution in [0.25, 0.3) is 0 Å². The summed E-state index contributed by atoms with van der Waals surface area (Å²) in [5.74, 6) is -0.895. The Kier molecular flexibility index (Phi) is 6.44. The van der Waals surface area contributed by atoms with Crippen molar-refractivity contribution in [3.63, 3.8) is 0 Å². The summed E-state index contributed by atoms with van der Waals surface area (Å²) in [5.41, 5.74) is 3.51. The Morgan fingerprint density at radius 3 is 2.10 bits per heavy atom. The molecule has 1 aliphatic heterocycles. The lowest BCUT2D eigenvalue weighted by atomic mass is 9.96. The molecule has 0 amide bonds. The van der Waals surface area contributed by atoms with E-state index in [-0.39, 0.29) is 29.0 Å². The van der Waals surface area contributed by atoms with Crippen LogP contribution in [0.4, 0.5) is 4.39 Å². The number of rotatable bonds is 5. The van der Waals surface area contributed by atoms with Gasteiger partial charge in [-0.15, -0.1) is 0 Å². The molecule has 0 aromatic heterocycles. The van der Waals surface area contributed by atoms with Gasteiger partial charge in [-0.25, -0.2) is 12.8 Å². The number of nitrogens with zero attached hydrogens (tertiary/aromatic N) is 2. The zero-order valence-corrected chi connectivity index (χ0v) is 18.8. The second-order valence-electron chi connectivity index (χ2n) is 7.72. The molecule has 0 bridgehead atoms. The lowest BCUT2D eigenvalue weighted by molar-refractivity contribution is 0.155. The van der Waals surface area contributed by atoms with Crippen LogP contribution in [-0.4, -0.2) is 43.8 Å². The highest BCUT2D eigenvalue weighted by atomic mass is 35.5. The summed E-state index contributed by atoms with van der Waals surface area (Å²) < 4.78 is 41.8. The fourth-order valence-corrected chi connectivity index (χ4v) is 5.76. The van der Waals surface area contributed by atoms with Crippen LogP contribution in [0.3, 0.4) is 0 Å². The van der Waals surface area contributed by atoms with Crippen LogP contribution in [-0.2, 0) is 10.0 Å². The smallest absolute Gasteiger partial charge is 0.246 e. The lowest BCUT2D eigenvalue weighted by Gasteiger charge is -2.39. The number of piperazine rings is 1. The van der Waals surface area contributed by atoms with Crippen molar-refractivity contribution in [2.45, 2.75) is 17.9 Å². The van der Waals surface area contributed by atoms with Crippen molar-refractivity contribution < 1.29 is 12.8 Å². The molecule has 0 N–H and O–H groups in total. The molecule has 0 radical (unpaired) electrons. The van der Waals surface area contributed by atoms with Crippen LogP contribution in [0.5, 0.6) is 0 Å². The van der Waals surface area contributed by atoms with Gasteiger partial charge in [-0.2, -0.15) is 4.31 Å². The highest BCUT2D eigenvalue weighted by Crippen LogP contribution is 2.31. The Labute approximate surface area is 187 Å².